The molecule has 0 spiro atoms. The molecule has 2 aliphatic heterocycles. The number of carbonyl (C=O) groups is 2. The number of morpholine rings is 1. The number of likely N-dealkylation sites (N-methyl/N-ethyl adjacent to an activating group) is 1. The Morgan fingerprint density at radius 3 is 2.79 bits per heavy atom. The fourth-order valence-corrected chi connectivity index (χ4v) is 3.56. The minimum absolute atomic E-state index is 0.112. The maximum absolute atomic E-state index is 12.9. The standard InChI is InChI=1S/C19H24N4O6/c1-3-29-18(24)16-15(12-22-7-9-28-10-8-22)21(2)19(25)20-17(16)13-5-4-6-14(11-13)23(26)27/h4-6,11,17H,3,7-10,12H2,1-2H3,(H,20,25)/p+1/t17-/m0/s1. The number of non-ortho nitro benzene ring substituents is 1. The number of nitro groups is 1. The number of nitro benzene ring substituents is 1. The van der Waals surface area contributed by atoms with Crippen LogP contribution in [0.2, 0.25) is 0 Å². The Kier molecular flexibility index (Phi) is 6.45. The molecule has 3 rings (SSSR count). The summed E-state index contributed by atoms with van der Waals surface area (Å²) in [5.74, 6) is -0.543. The van der Waals surface area contributed by atoms with Crippen LogP contribution in [-0.4, -0.2) is 68.3 Å². The second-order valence-corrected chi connectivity index (χ2v) is 6.91. The number of ether oxygens (including phenoxy) is 2. The highest BCUT2D eigenvalue weighted by atomic mass is 16.6. The van der Waals surface area contributed by atoms with Gasteiger partial charge in [0.25, 0.3) is 5.69 Å². The fourth-order valence-electron chi connectivity index (χ4n) is 3.56. The second kappa shape index (κ2) is 9.01. The van der Waals surface area contributed by atoms with Gasteiger partial charge in [-0.05, 0) is 12.5 Å². The first kappa shape index (κ1) is 20.7. The predicted octanol–water partition coefficient (Wildman–Crippen LogP) is 0.0232. The van der Waals surface area contributed by atoms with Crippen LogP contribution in [0.3, 0.4) is 0 Å². The van der Waals surface area contributed by atoms with Crippen molar-refractivity contribution in [1.29, 1.82) is 0 Å². The number of carbonyl (C=O) groups excluding carboxylic acids is 2. The van der Waals surface area contributed by atoms with Crippen LogP contribution in [0.1, 0.15) is 18.5 Å². The van der Waals surface area contributed by atoms with E-state index in [9.17, 15) is 19.7 Å². The Morgan fingerprint density at radius 2 is 2.14 bits per heavy atom. The number of esters is 1. The van der Waals surface area contributed by atoms with Gasteiger partial charge in [-0.3, -0.25) is 15.0 Å². The normalized spacial score (nSPS) is 20.4. The number of rotatable bonds is 6. The summed E-state index contributed by atoms with van der Waals surface area (Å²) >= 11 is 0. The van der Waals surface area contributed by atoms with Crippen molar-refractivity contribution in [3.8, 4) is 0 Å². The van der Waals surface area contributed by atoms with Crippen LogP contribution in [0.5, 0.6) is 0 Å². The SMILES string of the molecule is CCOC(=O)C1=C(C[NH+]2CCOCC2)N(C)C(=O)N[C@H]1c1cccc([N+](=O)[O-])c1. The summed E-state index contributed by atoms with van der Waals surface area (Å²) in [7, 11) is 1.60. The summed E-state index contributed by atoms with van der Waals surface area (Å²) in [5, 5.41) is 14.0. The molecule has 1 aromatic rings. The smallest absolute Gasteiger partial charge is 0.338 e. The topological polar surface area (TPSA) is 115 Å². The highest BCUT2D eigenvalue weighted by Crippen LogP contribution is 2.32. The van der Waals surface area contributed by atoms with Gasteiger partial charge < -0.3 is 19.7 Å². The van der Waals surface area contributed by atoms with Crippen molar-refractivity contribution in [3.63, 3.8) is 0 Å². The molecule has 2 N–H and O–H groups in total. The predicted molar refractivity (Wildman–Crippen MR) is 102 cm³/mol. The molecule has 156 valence electrons. The lowest BCUT2D eigenvalue weighted by atomic mass is 9.94. The molecule has 29 heavy (non-hydrogen) atoms. The van der Waals surface area contributed by atoms with E-state index >= 15 is 0 Å². The average molecular weight is 405 g/mol. The van der Waals surface area contributed by atoms with Gasteiger partial charge in [0, 0.05) is 19.2 Å². The molecule has 2 aliphatic rings. The van der Waals surface area contributed by atoms with Gasteiger partial charge in [-0.2, -0.15) is 0 Å². The maximum atomic E-state index is 12.9. The van der Waals surface area contributed by atoms with E-state index in [4.69, 9.17) is 9.47 Å². The molecular formula is C19H25N4O6+. The molecular weight excluding hydrogens is 380 g/mol. The second-order valence-electron chi connectivity index (χ2n) is 6.91. The summed E-state index contributed by atoms with van der Waals surface area (Å²) in [6.45, 7) is 5.08. The summed E-state index contributed by atoms with van der Waals surface area (Å²) < 4.78 is 10.7. The van der Waals surface area contributed by atoms with Crippen LogP contribution < -0.4 is 10.2 Å². The van der Waals surface area contributed by atoms with Gasteiger partial charge in [-0.15, -0.1) is 0 Å². The molecule has 2 amide bonds. The van der Waals surface area contributed by atoms with Crippen LogP contribution in [0.25, 0.3) is 0 Å². The van der Waals surface area contributed by atoms with Crippen molar-refractivity contribution in [2.24, 2.45) is 0 Å². The molecule has 1 fully saturated rings. The number of hydrogen-bond acceptors (Lipinski definition) is 6. The summed E-state index contributed by atoms with van der Waals surface area (Å²) in [4.78, 5) is 38.8. The van der Waals surface area contributed by atoms with E-state index in [0.29, 0.717) is 36.6 Å². The Bertz CT molecular complexity index is 834. The Hall–Kier alpha value is -2.98. The zero-order valence-corrected chi connectivity index (χ0v) is 16.5. The van der Waals surface area contributed by atoms with Gasteiger partial charge in [0.1, 0.15) is 19.6 Å². The van der Waals surface area contributed by atoms with Crippen LogP contribution >= 0.6 is 0 Å². The average Bonchev–Trinajstić information content (AvgIpc) is 2.72. The molecule has 0 bridgehead atoms. The van der Waals surface area contributed by atoms with Crippen molar-refractivity contribution in [1.82, 2.24) is 10.2 Å². The zero-order valence-electron chi connectivity index (χ0n) is 16.5. The third kappa shape index (κ3) is 4.54. The van der Waals surface area contributed by atoms with Crippen molar-refractivity contribution < 1.29 is 28.9 Å². The highest BCUT2D eigenvalue weighted by molar-refractivity contribution is 5.95. The van der Waals surface area contributed by atoms with Crippen LogP contribution in [-0.2, 0) is 14.3 Å². The molecule has 0 saturated carbocycles. The van der Waals surface area contributed by atoms with Crippen molar-refractivity contribution in [2.75, 3.05) is 46.5 Å². The minimum Gasteiger partial charge on any atom is -0.463 e. The zero-order chi connectivity index (χ0) is 21.0. The summed E-state index contributed by atoms with van der Waals surface area (Å²) in [6.07, 6.45) is 0. The summed E-state index contributed by atoms with van der Waals surface area (Å²) in [5.41, 5.74) is 1.20. The van der Waals surface area contributed by atoms with Crippen LogP contribution in [0.4, 0.5) is 10.5 Å². The number of nitrogens with one attached hydrogen (secondary N) is 2. The van der Waals surface area contributed by atoms with Gasteiger partial charge in [-0.25, -0.2) is 9.59 Å². The van der Waals surface area contributed by atoms with Crippen molar-refractivity contribution >= 4 is 17.7 Å². The molecule has 0 radical (unpaired) electrons. The molecule has 1 saturated heterocycles. The largest absolute Gasteiger partial charge is 0.463 e. The van der Waals surface area contributed by atoms with Gasteiger partial charge in [0.2, 0.25) is 0 Å². The lowest BCUT2D eigenvalue weighted by molar-refractivity contribution is -0.904. The first-order valence-corrected chi connectivity index (χ1v) is 9.52. The Labute approximate surface area is 168 Å². The van der Waals surface area contributed by atoms with E-state index in [1.165, 1.54) is 28.0 Å². The molecule has 10 heteroatoms. The number of hydrogen-bond donors (Lipinski definition) is 2. The molecule has 1 atom stereocenters. The summed E-state index contributed by atoms with van der Waals surface area (Å²) in [6, 6.07) is 4.72. The number of benzene rings is 1. The molecule has 0 aromatic heterocycles. The van der Waals surface area contributed by atoms with Gasteiger partial charge in [-0.1, -0.05) is 12.1 Å². The molecule has 2 heterocycles. The Balaban J connectivity index is 2.07. The third-order valence-electron chi connectivity index (χ3n) is 5.10. The lowest BCUT2D eigenvalue weighted by Crippen LogP contribution is -3.14. The van der Waals surface area contributed by atoms with E-state index in [0.717, 1.165) is 13.1 Å². The Morgan fingerprint density at radius 1 is 1.41 bits per heavy atom. The van der Waals surface area contributed by atoms with E-state index in [1.54, 1.807) is 20.0 Å². The first-order valence-electron chi connectivity index (χ1n) is 9.52. The highest BCUT2D eigenvalue weighted by Gasteiger charge is 2.38. The van der Waals surface area contributed by atoms with Crippen LogP contribution in [0, 0.1) is 10.1 Å². The first-order chi connectivity index (χ1) is 13.9. The van der Waals surface area contributed by atoms with E-state index in [1.807, 2.05) is 0 Å². The quantitative estimate of drug-likeness (QED) is 0.392. The number of urea groups is 1. The minimum atomic E-state index is -0.826. The number of amides is 2. The van der Waals surface area contributed by atoms with Gasteiger partial charge in [0.15, 0.2) is 0 Å². The number of quaternary nitrogens is 1. The van der Waals surface area contributed by atoms with Crippen molar-refractivity contribution in [3.05, 3.63) is 51.2 Å². The lowest BCUT2D eigenvalue weighted by Gasteiger charge is -2.36. The third-order valence-corrected chi connectivity index (χ3v) is 5.10. The fraction of sp³-hybridized carbons (Fsp3) is 0.474. The van der Waals surface area contributed by atoms with Gasteiger partial charge in [0.05, 0.1) is 42.1 Å². The van der Waals surface area contributed by atoms with Crippen molar-refractivity contribution in [2.45, 2.75) is 13.0 Å². The molecule has 10 nitrogen and oxygen atoms in total. The number of nitrogens with zero attached hydrogens (tertiary/aromatic N) is 2. The van der Waals surface area contributed by atoms with Gasteiger partial charge >= 0.3 is 12.0 Å². The molecule has 1 aromatic carbocycles. The van der Waals surface area contributed by atoms with Crippen LogP contribution in [0.15, 0.2) is 35.5 Å². The maximum Gasteiger partial charge on any atom is 0.338 e. The van der Waals surface area contributed by atoms with E-state index in [-0.39, 0.29) is 18.3 Å². The molecule has 0 aliphatic carbocycles. The monoisotopic (exact) mass is 405 g/mol. The van der Waals surface area contributed by atoms with E-state index < -0.39 is 16.9 Å². The molecule has 0 unspecified atom stereocenters. The van der Waals surface area contributed by atoms with E-state index in [2.05, 4.69) is 5.32 Å².